The van der Waals surface area contributed by atoms with Gasteiger partial charge in [0, 0.05) is 18.6 Å². The van der Waals surface area contributed by atoms with Crippen LogP contribution in [0.3, 0.4) is 0 Å². The average Bonchev–Trinajstić information content (AvgIpc) is 2.89. The van der Waals surface area contributed by atoms with E-state index in [9.17, 15) is 4.79 Å². The smallest absolute Gasteiger partial charge is 0.377 e. The molecule has 1 aromatic rings. The van der Waals surface area contributed by atoms with Gasteiger partial charge in [-0.15, -0.1) is 0 Å². The molecule has 82 valence electrons. The Morgan fingerprint density at radius 1 is 1.73 bits per heavy atom. The van der Waals surface area contributed by atoms with Crippen molar-refractivity contribution in [2.24, 2.45) is 0 Å². The van der Waals surface area contributed by atoms with E-state index in [1.54, 1.807) is 13.0 Å². The van der Waals surface area contributed by atoms with Crippen LogP contribution in [-0.2, 0) is 9.47 Å². The minimum Gasteiger partial charge on any atom is -0.460 e. The van der Waals surface area contributed by atoms with Crippen LogP contribution in [0.2, 0.25) is 0 Å². The van der Waals surface area contributed by atoms with Gasteiger partial charge in [0.05, 0.1) is 18.9 Å². The molecule has 1 atom stereocenters. The van der Waals surface area contributed by atoms with Crippen molar-refractivity contribution >= 4 is 5.97 Å². The van der Waals surface area contributed by atoms with Gasteiger partial charge < -0.3 is 14.0 Å². The maximum absolute atomic E-state index is 11.3. The highest BCUT2D eigenvalue weighted by atomic mass is 16.6. The first kappa shape index (κ1) is 10.2. The Kier molecular flexibility index (Phi) is 3.01. The first-order chi connectivity index (χ1) is 7.31. The van der Waals surface area contributed by atoms with E-state index in [1.165, 1.54) is 0 Å². The summed E-state index contributed by atoms with van der Waals surface area (Å²) in [6.45, 7) is 3.47. The molecule has 1 unspecified atom stereocenters. The van der Waals surface area contributed by atoms with Crippen LogP contribution in [0.4, 0.5) is 0 Å². The van der Waals surface area contributed by atoms with Crippen molar-refractivity contribution in [1.82, 2.24) is 5.16 Å². The van der Waals surface area contributed by atoms with E-state index in [0.29, 0.717) is 13.2 Å². The second kappa shape index (κ2) is 4.44. The maximum Gasteiger partial charge on any atom is 0.377 e. The van der Waals surface area contributed by atoms with Gasteiger partial charge in [-0.05, 0) is 13.3 Å². The molecule has 0 N–H and O–H groups in total. The van der Waals surface area contributed by atoms with E-state index in [2.05, 4.69) is 5.16 Å². The Labute approximate surface area is 87.3 Å². The zero-order chi connectivity index (χ0) is 10.7. The van der Waals surface area contributed by atoms with Crippen LogP contribution >= 0.6 is 0 Å². The molecular formula is C10H13NO4. The fourth-order valence-electron chi connectivity index (χ4n) is 1.55. The molecule has 0 aliphatic carbocycles. The monoisotopic (exact) mass is 211 g/mol. The molecule has 0 bridgehead atoms. The van der Waals surface area contributed by atoms with Gasteiger partial charge in [-0.1, -0.05) is 5.16 Å². The number of hydrogen-bond acceptors (Lipinski definition) is 5. The van der Waals surface area contributed by atoms with Crippen LogP contribution in [0.5, 0.6) is 0 Å². The number of ether oxygens (including phenoxy) is 2. The predicted molar refractivity (Wildman–Crippen MR) is 50.6 cm³/mol. The molecule has 0 aromatic carbocycles. The van der Waals surface area contributed by atoms with Crippen molar-refractivity contribution in [2.45, 2.75) is 19.3 Å². The summed E-state index contributed by atoms with van der Waals surface area (Å²) in [4.78, 5) is 11.3. The zero-order valence-corrected chi connectivity index (χ0v) is 8.56. The highest BCUT2D eigenvalue weighted by Crippen LogP contribution is 2.24. The highest BCUT2D eigenvalue weighted by Gasteiger charge is 2.23. The van der Waals surface area contributed by atoms with Gasteiger partial charge in [0.1, 0.15) is 0 Å². The zero-order valence-electron chi connectivity index (χ0n) is 8.56. The molecule has 1 saturated heterocycles. The van der Waals surface area contributed by atoms with Crippen molar-refractivity contribution in [3.8, 4) is 0 Å². The van der Waals surface area contributed by atoms with Gasteiger partial charge in [-0.25, -0.2) is 4.79 Å². The van der Waals surface area contributed by atoms with Crippen molar-refractivity contribution < 1.29 is 18.8 Å². The van der Waals surface area contributed by atoms with Crippen LogP contribution in [0, 0.1) is 0 Å². The Balaban J connectivity index is 2.06. The lowest BCUT2D eigenvalue weighted by atomic mass is 10.1. The fraction of sp³-hybridized carbons (Fsp3) is 0.600. The summed E-state index contributed by atoms with van der Waals surface area (Å²) in [5.74, 6) is -0.0501. The number of nitrogens with zero attached hydrogens (tertiary/aromatic N) is 1. The number of aromatic nitrogens is 1. The number of carbonyl (C=O) groups is 1. The van der Waals surface area contributed by atoms with Crippen molar-refractivity contribution in [1.29, 1.82) is 0 Å². The third-order valence-corrected chi connectivity index (χ3v) is 2.35. The summed E-state index contributed by atoms with van der Waals surface area (Å²) < 4.78 is 14.9. The lowest BCUT2D eigenvalue weighted by Gasteiger charge is -1.98. The molecule has 2 heterocycles. The summed E-state index contributed by atoms with van der Waals surface area (Å²) in [6.07, 6.45) is 0.925. The van der Waals surface area contributed by atoms with E-state index in [1.807, 2.05) is 0 Å². The van der Waals surface area contributed by atoms with Crippen LogP contribution < -0.4 is 0 Å². The topological polar surface area (TPSA) is 61.6 Å². The van der Waals surface area contributed by atoms with E-state index in [4.69, 9.17) is 14.0 Å². The Morgan fingerprint density at radius 2 is 2.60 bits per heavy atom. The van der Waals surface area contributed by atoms with Gasteiger partial charge in [0.2, 0.25) is 5.76 Å². The van der Waals surface area contributed by atoms with E-state index >= 15 is 0 Å². The van der Waals surface area contributed by atoms with Crippen molar-refractivity contribution in [2.75, 3.05) is 19.8 Å². The van der Waals surface area contributed by atoms with E-state index in [-0.39, 0.29) is 11.7 Å². The summed E-state index contributed by atoms with van der Waals surface area (Å²) in [5.41, 5.74) is 0.774. The summed E-state index contributed by atoms with van der Waals surface area (Å²) in [6, 6.07) is 1.64. The van der Waals surface area contributed by atoms with Crippen molar-refractivity contribution in [3.63, 3.8) is 0 Å². The van der Waals surface area contributed by atoms with Crippen LogP contribution in [-0.4, -0.2) is 30.9 Å². The molecule has 0 saturated carbocycles. The molecule has 5 nitrogen and oxygen atoms in total. The fourth-order valence-corrected chi connectivity index (χ4v) is 1.55. The van der Waals surface area contributed by atoms with Gasteiger partial charge in [-0.3, -0.25) is 0 Å². The molecule has 5 heteroatoms. The third-order valence-electron chi connectivity index (χ3n) is 2.35. The van der Waals surface area contributed by atoms with Gasteiger partial charge >= 0.3 is 5.97 Å². The first-order valence-corrected chi connectivity index (χ1v) is 5.02. The Morgan fingerprint density at radius 3 is 3.27 bits per heavy atom. The lowest BCUT2D eigenvalue weighted by molar-refractivity contribution is 0.0479. The van der Waals surface area contributed by atoms with Gasteiger partial charge in [-0.2, -0.15) is 0 Å². The van der Waals surface area contributed by atoms with Gasteiger partial charge in [0.25, 0.3) is 0 Å². The Hall–Kier alpha value is -1.36. The summed E-state index contributed by atoms with van der Waals surface area (Å²) in [7, 11) is 0. The standard InChI is InChI=1S/C10H13NO4/c1-2-14-10(12)9-5-8(11-15-9)7-3-4-13-6-7/h5,7H,2-4,6H2,1H3. The van der Waals surface area contributed by atoms with Crippen LogP contribution in [0.15, 0.2) is 10.6 Å². The second-order valence-corrected chi connectivity index (χ2v) is 3.40. The normalized spacial score (nSPS) is 20.5. The largest absolute Gasteiger partial charge is 0.460 e. The molecule has 1 aliphatic heterocycles. The Bertz CT molecular complexity index is 341. The number of carbonyl (C=O) groups excluding carboxylic acids is 1. The number of rotatable bonds is 3. The van der Waals surface area contributed by atoms with Gasteiger partial charge in [0.15, 0.2) is 0 Å². The molecule has 0 radical (unpaired) electrons. The molecule has 1 aliphatic rings. The number of esters is 1. The minimum atomic E-state index is -0.463. The molecule has 0 spiro atoms. The lowest BCUT2D eigenvalue weighted by Crippen LogP contribution is -2.03. The molecule has 2 rings (SSSR count). The van der Waals surface area contributed by atoms with Crippen LogP contribution in [0.25, 0.3) is 0 Å². The summed E-state index contributed by atoms with van der Waals surface area (Å²) in [5, 5.41) is 3.85. The highest BCUT2D eigenvalue weighted by molar-refractivity contribution is 5.86. The second-order valence-electron chi connectivity index (χ2n) is 3.40. The quantitative estimate of drug-likeness (QED) is 0.706. The SMILES string of the molecule is CCOC(=O)c1cc(C2CCOC2)no1. The van der Waals surface area contributed by atoms with E-state index in [0.717, 1.165) is 18.7 Å². The minimum absolute atomic E-state index is 0.166. The van der Waals surface area contributed by atoms with Crippen molar-refractivity contribution in [3.05, 3.63) is 17.5 Å². The van der Waals surface area contributed by atoms with E-state index < -0.39 is 5.97 Å². The third kappa shape index (κ3) is 2.18. The number of hydrogen-bond donors (Lipinski definition) is 0. The summed E-state index contributed by atoms with van der Waals surface area (Å²) >= 11 is 0. The molecule has 1 aromatic heterocycles. The molecule has 0 amide bonds. The average molecular weight is 211 g/mol. The predicted octanol–water partition coefficient (Wildman–Crippen LogP) is 1.36. The first-order valence-electron chi connectivity index (χ1n) is 5.02. The maximum atomic E-state index is 11.3. The van der Waals surface area contributed by atoms with Crippen LogP contribution in [0.1, 0.15) is 35.5 Å². The molecule has 1 fully saturated rings. The molecular weight excluding hydrogens is 198 g/mol. The molecule has 15 heavy (non-hydrogen) atoms.